The summed E-state index contributed by atoms with van der Waals surface area (Å²) in [4.78, 5) is 0. The van der Waals surface area contributed by atoms with Gasteiger partial charge >= 0.3 is 0 Å². The van der Waals surface area contributed by atoms with E-state index in [4.69, 9.17) is 0 Å². The van der Waals surface area contributed by atoms with Crippen LogP contribution < -0.4 is 0 Å². The monoisotopic (exact) mass is 432 g/mol. The van der Waals surface area contributed by atoms with Crippen molar-refractivity contribution in [1.82, 2.24) is 0 Å². The van der Waals surface area contributed by atoms with Crippen molar-refractivity contribution < 1.29 is 0 Å². The molecule has 0 spiro atoms. The molecule has 0 saturated heterocycles. The Labute approximate surface area is 153 Å². The van der Waals surface area contributed by atoms with Gasteiger partial charge in [0, 0.05) is 0 Å². The zero-order chi connectivity index (χ0) is 17.9. The molecule has 0 bridgehead atoms. The Bertz CT molecular complexity index is 437. The Balaban J connectivity index is 4.63. The maximum Gasteiger partial charge on any atom is -0.00588 e. The predicted octanol–water partition coefficient (Wildman–Crippen LogP) is 7.66. The SMILES string of the molecule is C=C(CC(C)(/C=I(=C)/CCCCCCC)CC)C(=C)C(C)CC. The van der Waals surface area contributed by atoms with Crippen molar-refractivity contribution in [1.29, 1.82) is 0 Å². The smallest absolute Gasteiger partial charge is 0.00588 e. The quantitative estimate of drug-likeness (QED) is 0.121. The fourth-order valence-electron chi connectivity index (χ4n) is 2.73. The number of halogens is 1. The van der Waals surface area contributed by atoms with E-state index in [0.717, 1.165) is 12.8 Å². The molecule has 0 N–H and O–H groups in total. The molecule has 1 heteroatoms. The maximum atomic E-state index is 4.54. The molecule has 0 nitrogen and oxygen atoms in total. The summed E-state index contributed by atoms with van der Waals surface area (Å²) in [6.45, 7) is 20.1. The lowest BCUT2D eigenvalue weighted by Crippen LogP contribution is -2.18. The molecule has 0 amide bonds. The topological polar surface area (TPSA) is 0 Å². The van der Waals surface area contributed by atoms with Crippen LogP contribution in [0.15, 0.2) is 24.3 Å². The van der Waals surface area contributed by atoms with Gasteiger partial charge in [-0.1, -0.05) is 87.6 Å². The van der Waals surface area contributed by atoms with Crippen LogP contribution in [0.2, 0.25) is 0 Å². The molecular formula is C22H41I. The third kappa shape index (κ3) is 9.74. The van der Waals surface area contributed by atoms with Crippen LogP contribution in [0.1, 0.15) is 86.0 Å². The van der Waals surface area contributed by atoms with Gasteiger partial charge in [0.15, 0.2) is 0 Å². The second-order valence-electron chi connectivity index (χ2n) is 7.33. The van der Waals surface area contributed by atoms with Crippen molar-refractivity contribution in [2.75, 3.05) is 4.43 Å². The third-order valence-corrected chi connectivity index (χ3v) is 9.52. The van der Waals surface area contributed by atoms with E-state index < -0.39 is 18.9 Å². The number of rotatable bonds is 13. The zero-order valence-corrected chi connectivity index (χ0v) is 18.7. The average Bonchev–Trinajstić information content (AvgIpc) is 2.52. The van der Waals surface area contributed by atoms with Crippen LogP contribution >= 0.6 is 18.9 Å². The molecular weight excluding hydrogens is 391 g/mol. The molecule has 23 heavy (non-hydrogen) atoms. The molecule has 0 aliphatic heterocycles. The fraction of sp³-hybridized carbons (Fsp3) is 0.727. The molecule has 136 valence electrons. The molecule has 2 atom stereocenters. The van der Waals surface area contributed by atoms with Crippen LogP contribution in [0.3, 0.4) is 0 Å². The zero-order valence-electron chi connectivity index (χ0n) is 16.5. The van der Waals surface area contributed by atoms with Gasteiger partial charge in [0.2, 0.25) is 0 Å². The highest BCUT2D eigenvalue weighted by Gasteiger charge is 2.22. The minimum atomic E-state index is -1.15. The molecule has 0 fully saturated rings. The van der Waals surface area contributed by atoms with Crippen LogP contribution in [-0.4, -0.2) is 13.0 Å². The van der Waals surface area contributed by atoms with E-state index in [-0.39, 0.29) is 5.41 Å². The molecule has 2 unspecified atom stereocenters. The first kappa shape index (κ1) is 22.9. The molecule has 0 radical (unpaired) electrons. The van der Waals surface area contributed by atoms with Crippen LogP contribution in [0.4, 0.5) is 0 Å². The minimum absolute atomic E-state index is 0.267. The molecule has 0 aromatic carbocycles. The first-order valence-corrected chi connectivity index (χ1v) is 13.8. The van der Waals surface area contributed by atoms with Crippen molar-refractivity contribution in [2.45, 2.75) is 86.0 Å². The molecule has 0 heterocycles. The first-order chi connectivity index (χ1) is 10.8. The summed E-state index contributed by atoms with van der Waals surface area (Å²) in [5.41, 5.74) is 2.78. The standard InChI is InChI=1S/C22H41I/c1-9-12-13-14-15-16-23(8)18-22(7,11-3)17-20(5)21(6)19(4)10-2/h18-19H,5-6,8-17H2,1-4,7H3. The summed E-state index contributed by atoms with van der Waals surface area (Å²) in [5, 5.41) is 0. The maximum absolute atomic E-state index is 4.54. The van der Waals surface area contributed by atoms with Crippen LogP contribution in [0, 0.1) is 11.3 Å². The van der Waals surface area contributed by atoms with E-state index in [0.29, 0.717) is 5.92 Å². The third-order valence-electron chi connectivity index (χ3n) is 4.98. The van der Waals surface area contributed by atoms with Crippen LogP contribution in [0.5, 0.6) is 0 Å². The van der Waals surface area contributed by atoms with Crippen molar-refractivity contribution in [2.24, 2.45) is 11.3 Å². The molecule has 0 aliphatic rings. The van der Waals surface area contributed by atoms with Gasteiger partial charge in [0.05, 0.1) is 0 Å². The first-order valence-electron chi connectivity index (χ1n) is 9.45. The summed E-state index contributed by atoms with van der Waals surface area (Å²) in [6, 6.07) is 0. The van der Waals surface area contributed by atoms with Crippen LogP contribution in [-0.2, 0) is 0 Å². The highest BCUT2D eigenvalue weighted by Crippen LogP contribution is 2.34. The van der Waals surface area contributed by atoms with Gasteiger partial charge in [-0.2, -0.15) is 18.9 Å². The van der Waals surface area contributed by atoms with Gasteiger partial charge in [-0.3, -0.25) is 0 Å². The summed E-state index contributed by atoms with van der Waals surface area (Å²) in [6.07, 6.45) is 10.3. The van der Waals surface area contributed by atoms with Gasteiger partial charge in [-0.05, 0) is 47.0 Å². The van der Waals surface area contributed by atoms with E-state index in [2.05, 4.69) is 56.3 Å². The molecule has 0 aliphatic carbocycles. The van der Waals surface area contributed by atoms with Gasteiger partial charge in [-0.15, -0.1) is 0 Å². The lowest BCUT2D eigenvalue weighted by atomic mass is 9.79. The Hall–Kier alpha value is -0.0500. The molecule has 0 aromatic heterocycles. The van der Waals surface area contributed by atoms with Gasteiger partial charge in [-0.25, -0.2) is 0 Å². The van der Waals surface area contributed by atoms with Gasteiger partial charge < -0.3 is 0 Å². The van der Waals surface area contributed by atoms with E-state index in [9.17, 15) is 0 Å². The van der Waals surface area contributed by atoms with E-state index in [1.807, 2.05) is 0 Å². The minimum Gasteiger partial charge on any atom is -0.161 e. The van der Waals surface area contributed by atoms with Crippen molar-refractivity contribution in [3.05, 3.63) is 24.3 Å². The van der Waals surface area contributed by atoms with Crippen LogP contribution in [0.25, 0.3) is 0 Å². The van der Waals surface area contributed by atoms with E-state index >= 15 is 0 Å². The highest BCUT2D eigenvalue weighted by molar-refractivity contribution is 14.2. The molecule has 0 rings (SSSR count). The summed E-state index contributed by atoms with van der Waals surface area (Å²) < 4.78 is 8.56. The van der Waals surface area contributed by atoms with Crippen molar-refractivity contribution in [3.8, 4) is 0 Å². The van der Waals surface area contributed by atoms with Crippen molar-refractivity contribution >= 4 is 27.4 Å². The molecule has 0 saturated carbocycles. The van der Waals surface area contributed by atoms with Gasteiger partial charge in [0.25, 0.3) is 0 Å². The number of alkyl halides is 1. The Morgan fingerprint density at radius 1 is 1.09 bits per heavy atom. The van der Waals surface area contributed by atoms with Gasteiger partial charge in [0.1, 0.15) is 0 Å². The summed E-state index contributed by atoms with van der Waals surface area (Å²) in [5.74, 6) is 0.552. The Kier molecular flexibility index (Phi) is 12.3. The van der Waals surface area contributed by atoms with E-state index in [1.54, 1.807) is 0 Å². The number of hydrogen-bond donors (Lipinski definition) is 0. The number of unbranched alkanes of at least 4 members (excludes halogenated alkanes) is 4. The van der Waals surface area contributed by atoms with E-state index in [1.165, 1.54) is 54.1 Å². The lowest BCUT2D eigenvalue weighted by Gasteiger charge is -2.28. The summed E-state index contributed by atoms with van der Waals surface area (Å²) in [7, 11) is 0. The number of hydrogen-bond acceptors (Lipinski definition) is 0. The predicted molar refractivity (Wildman–Crippen MR) is 122 cm³/mol. The fourth-order valence-corrected chi connectivity index (χ4v) is 7.35. The van der Waals surface area contributed by atoms with Crippen molar-refractivity contribution in [3.63, 3.8) is 0 Å². The second-order valence-corrected chi connectivity index (χ2v) is 11.9. The Morgan fingerprint density at radius 2 is 1.70 bits per heavy atom. The highest BCUT2D eigenvalue weighted by atomic mass is 127. The second kappa shape index (κ2) is 12.3. The summed E-state index contributed by atoms with van der Waals surface area (Å²) >= 11 is -1.15. The average molecular weight is 432 g/mol. The largest absolute Gasteiger partial charge is 0.161 e. The Morgan fingerprint density at radius 3 is 2.22 bits per heavy atom. The lowest BCUT2D eigenvalue weighted by molar-refractivity contribution is 0.460. The normalized spacial score (nSPS) is 16.7. The molecule has 0 aromatic rings. The number of allylic oxidation sites excluding steroid dienone is 2.